The topological polar surface area (TPSA) is 82.6 Å². The van der Waals surface area contributed by atoms with Gasteiger partial charge in [0, 0.05) is 37.9 Å². The molecule has 0 spiro atoms. The molecule has 2 fully saturated rings. The molecule has 2 aliphatic heterocycles. The Morgan fingerprint density at radius 3 is 2.51 bits per heavy atom. The first kappa shape index (κ1) is 24.7. The smallest absolute Gasteiger partial charge is 0.357 e. The van der Waals surface area contributed by atoms with Gasteiger partial charge in [0.1, 0.15) is 6.04 Å². The van der Waals surface area contributed by atoms with Gasteiger partial charge in [-0.25, -0.2) is 4.79 Å². The zero-order valence-electron chi connectivity index (χ0n) is 19.5. The Bertz CT molecular complexity index is 1120. The second-order valence-corrected chi connectivity index (χ2v) is 9.07. The number of aromatic nitrogens is 1. The maximum absolute atomic E-state index is 13.3. The Morgan fingerprint density at radius 2 is 1.89 bits per heavy atom. The number of alkyl halides is 3. The number of rotatable bonds is 4. The number of pyridine rings is 1. The third kappa shape index (κ3) is 5.01. The van der Waals surface area contributed by atoms with Crippen molar-refractivity contribution in [2.75, 3.05) is 20.1 Å². The van der Waals surface area contributed by atoms with E-state index < -0.39 is 41.5 Å². The van der Waals surface area contributed by atoms with Crippen LogP contribution in [0.25, 0.3) is 0 Å². The van der Waals surface area contributed by atoms with Crippen molar-refractivity contribution < 1.29 is 27.6 Å². The van der Waals surface area contributed by atoms with Crippen LogP contribution in [0.15, 0.2) is 42.6 Å². The molecule has 7 nitrogen and oxygen atoms in total. The lowest BCUT2D eigenvalue weighted by molar-refractivity contribution is -0.158. The Balaban J connectivity index is 1.48. The summed E-state index contributed by atoms with van der Waals surface area (Å²) >= 11 is 0. The number of urea groups is 1. The first-order valence-corrected chi connectivity index (χ1v) is 11.5. The number of hydrogen-bond acceptors (Lipinski definition) is 4. The zero-order chi connectivity index (χ0) is 25.3. The molecule has 1 aromatic heterocycles. The molecule has 35 heavy (non-hydrogen) atoms. The summed E-state index contributed by atoms with van der Waals surface area (Å²) in [4.78, 5) is 45.7. The summed E-state index contributed by atoms with van der Waals surface area (Å²) in [5.74, 6) is -1.63. The minimum Gasteiger partial charge on any atom is -0.357 e. The predicted octanol–water partition coefficient (Wildman–Crippen LogP) is 3.52. The fourth-order valence-corrected chi connectivity index (χ4v) is 4.91. The van der Waals surface area contributed by atoms with E-state index in [1.165, 1.54) is 24.1 Å². The lowest BCUT2D eigenvalue weighted by atomic mass is 9.81. The summed E-state index contributed by atoms with van der Waals surface area (Å²) in [5.41, 5.74) is 1.64. The zero-order valence-corrected chi connectivity index (χ0v) is 19.5. The van der Waals surface area contributed by atoms with Crippen LogP contribution in [0.3, 0.4) is 0 Å². The number of carbonyl (C=O) groups is 3. The molecule has 2 saturated heterocycles. The second kappa shape index (κ2) is 9.67. The van der Waals surface area contributed by atoms with Crippen LogP contribution in [-0.4, -0.2) is 58.8 Å². The highest BCUT2D eigenvalue weighted by molar-refractivity contribution is 6.09. The first-order chi connectivity index (χ1) is 16.6. The lowest BCUT2D eigenvalue weighted by Crippen LogP contribution is -2.70. The number of nitrogens with one attached hydrogen (secondary N) is 1. The number of likely N-dealkylation sites (tertiary alicyclic amines) is 2. The van der Waals surface area contributed by atoms with Crippen LogP contribution in [0.5, 0.6) is 0 Å². The minimum atomic E-state index is -4.41. The number of nitrogens with zero attached hydrogens (tertiary/aromatic N) is 3. The van der Waals surface area contributed by atoms with Crippen LogP contribution >= 0.6 is 0 Å². The third-order valence-corrected chi connectivity index (χ3v) is 6.75. The van der Waals surface area contributed by atoms with E-state index >= 15 is 0 Å². The molecule has 2 aliphatic rings. The molecule has 1 unspecified atom stereocenters. The largest absolute Gasteiger partial charge is 0.416 e. The third-order valence-electron chi connectivity index (χ3n) is 6.75. The molecule has 186 valence electrons. The first-order valence-electron chi connectivity index (χ1n) is 11.5. The van der Waals surface area contributed by atoms with E-state index in [0.717, 1.165) is 28.3 Å². The van der Waals surface area contributed by atoms with E-state index in [1.54, 1.807) is 12.3 Å². The summed E-state index contributed by atoms with van der Waals surface area (Å²) in [6.07, 6.45) is -1.10. The number of halogens is 3. The molecule has 1 aromatic carbocycles. The van der Waals surface area contributed by atoms with Gasteiger partial charge in [-0.05, 0) is 61.6 Å². The van der Waals surface area contributed by atoms with Crippen molar-refractivity contribution in [2.24, 2.45) is 5.92 Å². The standard InChI is InChI=1S/C25H27F3N4O3/c1-15-12-16(9-10-30-15)13-20-21(22(33)29-2)32(23(20)34)24(35)31-11-3-4-18(14-31)17-5-7-19(8-6-17)25(26,27)28/h5-10,12,18,20-21H,3-4,11,13-14H2,1-2H3,(H,29,33)/t18?,20-,21+/m1/s1. The van der Waals surface area contributed by atoms with E-state index in [2.05, 4.69) is 10.3 Å². The SMILES string of the molecule is CNC(=O)[C@@H]1[C@@H](Cc2ccnc(C)c2)C(=O)N1C(=O)N1CCCC(c2ccc(C(F)(F)F)cc2)C1. The Hall–Kier alpha value is -3.43. The number of β-lactam (4-membered cyclic amide) rings is 1. The van der Waals surface area contributed by atoms with Crippen molar-refractivity contribution in [1.29, 1.82) is 0 Å². The fraction of sp³-hybridized carbons (Fsp3) is 0.440. The van der Waals surface area contributed by atoms with Gasteiger partial charge in [0.15, 0.2) is 0 Å². The van der Waals surface area contributed by atoms with Crippen molar-refractivity contribution in [3.8, 4) is 0 Å². The normalized spacial score (nSPS) is 22.5. The molecular weight excluding hydrogens is 461 g/mol. The Labute approximate surface area is 201 Å². The molecule has 0 bridgehead atoms. The maximum atomic E-state index is 13.3. The van der Waals surface area contributed by atoms with Crippen LogP contribution in [-0.2, 0) is 22.2 Å². The number of amides is 4. The summed E-state index contributed by atoms with van der Waals surface area (Å²) in [6.45, 7) is 2.51. The van der Waals surface area contributed by atoms with Gasteiger partial charge < -0.3 is 10.2 Å². The van der Waals surface area contributed by atoms with Gasteiger partial charge in [-0.1, -0.05) is 12.1 Å². The Morgan fingerprint density at radius 1 is 1.17 bits per heavy atom. The second-order valence-electron chi connectivity index (χ2n) is 9.07. The van der Waals surface area contributed by atoms with Gasteiger partial charge in [-0.3, -0.25) is 19.5 Å². The number of piperidine rings is 1. The van der Waals surface area contributed by atoms with Crippen LogP contribution < -0.4 is 5.32 Å². The predicted molar refractivity (Wildman–Crippen MR) is 121 cm³/mol. The number of benzene rings is 1. The van der Waals surface area contributed by atoms with Crippen molar-refractivity contribution in [1.82, 2.24) is 20.1 Å². The average Bonchev–Trinajstić information content (AvgIpc) is 2.84. The van der Waals surface area contributed by atoms with Crippen molar-refractivity contribution in [3.05, 3.63) is 65.0 Å². The molecule has 3 heterocycles. The number of aryl methyl sites for hydroxylation is 1. The van der Waals surface area contributed by atoms with E-state index in [-0.39, 0.29) is 12.5 Å². The molecule has 1 N–H and O–H groups in total. The summed E-state index contributed by atoms with van der Waals surface area (Å²) < 4.78 is 38.7. The van der Waals surface area contributed by atoms with Crippen LogP contribution in [0, 0.1) is 12.8 Å². The fourth-order valence-electron chi connectivity index (χ4n) is 4.91. The van der Waals surface area contributed by atoms with Gasteiger partial charge >= 0.3 is 12.2 Å². The lowest BCUT2D eigenvalue weighted by Gasteiger charge is -2.47. The number of likely N-dealkylation sites (N-methyl/N-ethyl adjacent to an activating group) is 1. The summed E-state index contributed by atoms with van der Waals surface area (Å²) in [7, 11) is 1.46. The summed E-state index contributed by atoms with van der Waals surface area (Å²) in [6, 6.07) is 7.14. The highest BCUT2D eigenvalue weighted by Gasteiger charge is 2.55. The van der Waals surface area contributed by atoms with Crippen LogP contribution in [0.2, 0.25) is 0 Å². The average molecular weight is 489 g/mol. The van der Waals surface area contributed by atoms with Crippen LogP contribution in [0.4, 0.5) is 18.0 Å². The molecule has 0 saturated carbocycles. The quantitative estimate of drug-likeness (QED) is 0.668. The number of hydrogen-bond donors (Lipinski definition) is 1. The van der Waals surface area contributed by atoms with Gasteiger partial charge in [-0.2, -0.15) is 13.2 Å². The number of carbonyl (C=O) groups excluding carboxylic acids is 3. The van der Waals surface area contributed by atoms with E-state index in [0.29, 0.717) is 31.4 Å². The minimum absolute atomic E-state index is 0.152. The van der Waals surface area contributed by atoms with Crippen molar-refractivity contribution in [2.45, 2.75) is 44.3 Å². The van der Waals surface area contributed by atoms with Gasteiger partial charge in [0.05, 0.1) is 11.5 Å². The van der Waals surface area contributed by atoms with Crippen molar-refractivity contribution >= 4 is 17.8 Å². The van der Waals surface area contributed by atoms with Gasteiger partial charge in [0.2, 0.25) is 11.8 Å². The molecule has 10 heteroatoms. The molecule has 2 aromatic rings. The maximum Gasteiger partial charge on any atom is 0.416 e. The number of imide groups is 1. The molecule has 4 rings (SSSR count). The van der Waals surface area contributed by atoms with Crippen LogP contribution in [0.1, 0.15) is 41.1 Å². The molecule has 3 atom stereocenters. The highest BCUT2D eigenvalue weighted by Crippen LogP contribution is 2.35. The van der Waals surface area contributed by atoms with E-state index in [9.17, 15) is 27.6 Å². The molecule has 0 aliphatic carbocycles. The summed E-state index contributed by atoms with van der Waals surface area (Å²) in [5, 5.41) is 2.55. The Kier molecular flexibility index (Phi) is 6.82. The van der Waals surface area contributed by atoms with E-state index in [1.807, 2.05) is 13.0 Å². The van der Waals surface area contributed by atoms with Gasteiger partial charge in [0.25, 0.3) is 0 Å². The molecular formula is C25H27F3N4O3. The highest BCUT2D eigenvalue weighted by atomic mass is 19.4. The van der Waals surface area contributed by atoms with Crippen molar-refractivity contribution in [3.63, 3.8) is 0 Å². The molecule has 4 amide bonds. The monoisotopic (exact) mass is 488 g/mol. The van der Waals surface area contributed by atoms with E-state index in [4.69, 9.17) is 0 Å². The molecule has 0 radical (unpaired) electrons. The van der Waals surface area contributed by atoms with Gasteiger partial charge in [-0.15, -0.1) is 0 Å².